The summed E-state index contributed by atoms with van der Waals surface area (Å²) < 4.78 is 5.14. The van der Waals surface area contributed by atoms with Crippen LogP contribution < -0.4 is 10.8 Å². The van der Waals surface area contributed by atoms with Gasteiger partial charge in [-0.25, -0.2) is 9.80 Å². The van der Waals surface area contributed by atoms with E-state index in [1.807, 2.05) is 37.3 Å². The minimum Gasteiger partial charge on any atom is -0.447 e. The monoisotopic (exact) mass is 452 g/mol. The van der Waals surface area contributed by atoms with Gasteiger partial charge in [-0.2, -0.15) is 5.10 Å². The molecular formula is C26H25BN4O3. The highest BCUT2D eigenvalue weighted by Crippen LogP contribution is 2.34. The van der Waals surface area contributed by atoms with Crippen molar-refractivity contribution in [1.82, 2.24) is 9.99 Å². The summed E-state index contributed by atoms with van der Waals surface area (Å²) >= 11 is 0. The maximum atomic E-state index is 13.4. The first-order valence-corrected chi connectivity index (χ1v) is 11.1. The zero-order chi connectivity index (χ0) is 24.2. The summed E-state index contributed by atoms with van der Waals surface area (Å²) in [7, 11) is 5.78. The fourth-order valence-electron chi connectivity index (χ4n) is 3.85. The predicted molar refractivity (Wildman–Crippen MR) is 133 cm³/mol. The molecule has 0 aliphatic carbocycles. The predicted octanol–water partition coefficient (Wildman–Crippen LogP) is 4.13. The Bertz CT molecular complexity index is 1230. The number of hydrogen-bond acceptors (Lipinski definition) is 5. The molecule has 1 aliphatic rings. The van der Waals surface area contributed by atoms with Gasteiger partial charge in [0.05, 0.1) is 17.5 Å². The summed E-state index contributed by atoms with van der Waals surface area (Å²) in [6, 6.07) is 17.6. The van der Waals surface area contributed by atoms with Crippen molar-refractivity contribution < 1.29 is 14.3 Å². The summed E-state index contributed by atoms with van der Waals surface area (Å²) in [6.07, 6.45) is 1.51. The number of hydrazone groups is 1. The van der Waals surface area contributed by atoms with Crippen molar-refractivity contribution in [3.05, 3.63) is 89.2 Å². The zero-order valence-corrected chi connectivity index (χ0v) is 19.4. The van der Waals surface area contributed by atoms with E-state index in [-0.39, 0.29) is 18.1 Å². The zero-order valence-electron chi connectivity index (χ0n) is 19.4. The molecule has 1 N–H and O–H groups in total. The minimum atomic E-state index is -0.504. The Morgan fingerprint density at radius 2 is 1.88 bits per heavy atom. The van der Waals surface area contributed by atoms with Gasteiger partial charge in [0.2, 0.25) is 0 Å². The number of carbonyl (C=O) groups excluding carboxylic acids is 2. The molecule has 170 valence electrons. The van der Waals surface area contributed by atoms with Crippen molar-refractivity contribution >= 4 is 36.7 Å². The Labute approximate surface area is 200 Å². The second kappa shape index (κ2) is 9.91. The van der Waals surface area contributed by atoms with Crippen LogP contribution in [0.4, 0.5) is 10.5 Å². The second-order valence-electron chi connectivity index (χ2n) is 8.40. The third-order valence-corrected chi connectivity index (χ3v) is 5.43. The van der Waals surface area contributed by atoms with Crippen LogP contribution in [0.5, 0.6) is 0 Å². The van der Waals surface area contributed by atoms with E-state index < -0.39 is 6.09 Å². The molecule has 0 saturated heterocycles. The summed E-state index contributed by atoms with van der Waals surface area (Å²) in [6.45, 7) is 5.53. The van der Waals surface area contributed by atoms with Crippen molar-refractivity contribution in [1.29, 1.82) is 0 Å². The number of rotatable bonds is 5. The minimum absolute atomic E-state index is 0.207. The number of amides is 2. The molecule has 1 aromatic heterocycles. The van der Waals surface area contributed by atoms with Gasteiger partial charge in [0.1, 0.15) is 13.9 Å². The maximum absolute atomic E-state index is 13.4. The molecule has 0 saturated carbocycles. The summed E-state index contributed by atoms with van der Waals surface area (Å²) in [5.74, 6) is -0.224. The Balaban J connectivity index is 1.63. The van der Waals surface area contributed by atoms with Gasteiger partial charge in [0.25, 0.3) is 5.91 Å². The highest BCUT2D eigenvalue weighted by Gasteiger charge is 2.34. The van der Waals surface area contributed by atoms with Gasteiger partial charge >= 0.3 is 6.09 Å². The number of anilines is 1. The van der Waals surface area contributed by atoms with E-state index in [4.69, 9.17) is 17.7 Å². The van der Waals surface area contributed by atoms with E-state index in [1.54, 1.807) is 50.4 Å². The molecule has 3 aromatic rings. The molecule has 0 spiro atoms. The van der Waals surface area contributed by atoms with Crippen LogP contribution in [0, 0.1) is 6.92 Å². The number of ether oxygens (including phenoxy) is 1. The largest absolute Gasteiger partial charge is 0.447 e. The van der Waals surface area contributed by atoms with E-state index in [2.05, 4.69) is 10.3 Å². The quantitative estimate of drug-likeness (QED) is 0.590. The molecule has 1 atom stereocenters. The Morgan fingerprint density at radius 3 is 2.53 bits per heavy atom. The van der Waals surface area contributed by atoms with Crippen LogP contribution >= 0.6 is 0 Å². The van der Waals surface area contributed by atoms with E-state index in [0.717, 1.165) is 22.5 Å². The number of nitrogens with one attached hydrogen (secondary N) is 1. The third kappa shape index (κ3) is 5.17. The average Bonchev–Trinajstić information content (AvgIpc) is 3.24. The van der Waals surface area contributed by atoms with Gasteiger partial charge in [0.15, 0.2) is 0 Å². The van der Waals surface area contributed by atoms with E-state index in [0.29, 0.717) is 23.1 Å². The molecule has 8 heteroatoms. The third-order valence-electron chi connectivity index (χ3n) is 5.43. The number of benzene rings is 2. The Kier molecular flexibility index (Phi) is 6.77. The highest BCUT2D eigenvalue weighted by atomic mass is 16.6. The fourth-order valence-corrected chi connectivity index (χ4v) is 3.85. The molecular weight excluding hydrogens is 427 g/mol. The molecule has 2 radical (unpaired) electrons. The first-order valence-electron chi connectivity index (χ1n) is 11.1. The molecule has 7 nitrogen and oxygen atoms in total. The number of carbonyl (C=O) groups is 2. The van der Waals surface area contributed by atoms with Crippen LogP contribution in [0.25, 0.3) is 0 Å². The molecule has 0 bridgehead atoms. The lowest BCUT2D eigenvalue weighted by Crippen LogP contribution is -2.27. The van der Waals surface area contributed by atoms with E-state index in [1.165, 1.54) is 5.01 Å². The van der Waals surface area contributed by atoms with Gasteiger partial charge in [-0.1, -0.05) is 29.7 Å². The fraction of sp³-hybridized carbons (Fsp3) is 0.231. The van der Waals surface area contributed by atoms with Crippen LogP contribution in [-0.4, -0.2) is 41.7 Å². The highest BCUT2D eigenvalue weighted by molar-refractivity contribution is 6.32. The first-order chi connectivity index (χ1) is 16.3. The van der Waals surface area contributed by atoms with Gasteiger partial charge in [-0.15, -0.1) is 0 Å². The van der Waals surface area contributed by atoms with Crippen molar-refractivity contribution in [2.75, 3.05) is 5.32 Å². The van der Waals surface area contributed by atoms with Crippen molar-refractivity contribution in [2.45, 2.75) is 39.3 Å². The van der Waals surface area contributed by atoms with Crippen molar-refractivity contribution in [3.8, 4) is 0 Å². The molecule has 1 unspecified atom stereocenters. The van der Waals surface area contributed by atoms with E-state index in [9.17, 15) is 9.59 Å². The van der Waals surface area contributed by atoms with Crippen LogP contribution in [0.2, 0.25) is 0 Å². The molecule has 2 amide bonds. The first kappa shape index (κ1) is 23.2. The summed E-state index contributed by atoms with van der Waals surface area (Å²) in [5, 5.41) is 8.95. The molecule has 4 rings (SSSR count). The number of pyridine rings is 1. The summed E-state index contributed by atoms with van der Waals surface area (Å²) in [4.78, 5) is 29.8. The van der Waals surface area contributed by atoms with Crippen LogP contribution in [0.3, 0.4) is 0 Å². The number of aromatic nitrogens is 1. The lowest BCUT2D eigenvalue weighted by atomic mass is 9.95. The van der Waals surface area contributed by atoms with Crippen LogP contribution in [0.1, 0.15) is 53.5 Å². The SMILES string of the molecule is [B]c1ccc(C(=O)N2N=C(c3ccc(NC(=O)OC(C)C)cc3C)CC2c2ccccn2)cc1. The van der Waals surface area contributed by atoms with Crippen molar-refractivity contribution in [2.24, 2.45) is 5.10 Å². The molecule has 2 heterocycles. The smallest absolute Gasteiger partial charge is 0.411 e. The van der Waals surface area contributed by atoms with Gasteiger partial charge in [-0.3, -0.25) is 15.1 Å². The molecule has 0 fully saturated rings. The number of nitrogens with zero attached hydrogens (tertiary/aromatic N) is 3. The van der Waals surface area contributed by atoms with E-state index >= 15 is 0 Å². The van der Waals surface area contributed by atoms with Crippen molar-refractivity contribution in [3.63, 3.8) is 0 Å². The van der Waals surface area contributed by atoms with Crippen LogP contribution in [0.15, 0.2) is 72.0 Å². The lowest BCUT2D eigenvalue weighted by Gasteiger charge is -2.21. The van der Waals surface area contributed by atoms with Crippen LogP contribution in [-0.2, 0) is 4.74 Å². The topological polar surface area (TPSA) is 83.9 Å². The molecule has 2 aromatic carbocycles. The second-order valence-corrected chi connectivity index (χ2v) is 8.40. The maximum Gasteiger partial charge on any atom is 0.411 e. The average molecular weight is 452 g/mol. The number of aryl methyl sites for hydroxylation is 1. The van der Waals surface area contributed by atoms with Gasteiger partial charge in [0, 0.05) is 29.4 Å². The van der Waals surface area contributed by atoms with Gasteiger partial charge in [-0.05, 0) is 62.7 Å². The normalized spacial score (nSPS) is 15.2. The Hall–Kier alpha value is -3.94. The molecule has 1 aliphatic heterocycles. The standard InChI is InChI=1S/C26H25BN4O3/c1-16(2)34-26(33)29-20-11-12-21(17(3)14-20)23-15-24(22-6-4-5-13-28-22)31(30-23)25(32)18-7-9-19(27)10-8-18/h4-14,16,24H,15H2,1-3H3,(H,29,33). The van der Waals surface area contributed by atoms with Gasteiger partial charge < -0.3 is 4.74 Å². The lowest BCUT2D eigenvalue weighted by molar-refractivity contribution is 0.0708. The summed E-state index contributed by atoms with van der Waals surface area (Å²) in [5.41, 5.74) is 5.07. The molecule has 34 heavy (non-hydrogen) atoms. The Morgan fingerprint density at radius 1 is 1.12 bits per heavy atom. The number of hydrogen-bond donors (Lipinski definition) is 1.